The molecule has 0 spiro atoms. The molecule has 1 amide bonds. The molecular weight excluding hydrogens is 318 g/mol. The molecule has 0 fully saturated rings. The third-order valence-corrected chi connectivity index (χ3v) is 4.86. The number of hydrogen-bond acceptors (Lipinski definition) is 3. The van der Waals surface area contributed by atoms with Crippen molar-refractivity contribution in [3.63, 3.8) is 0 Å². The summed E-state index contributed by atoms with van der Waals surface area (Å²) in [5.41, 5.74) is 0.844. The number of rotatable bonds is 5. The van der Waals surface area contributed by atoms with Gasteiger partial charge in [-0.1, -0.05) is 42.5 Å². The maximum Gasteiger partial charge on any atom is 0.237 e. The fraction of sp³-hybridized carbons (Fsp3) is 0.150. The van der Waals surface area contributed by atoms with Crippen molar-refractivity contribution >= 4 is 34.1 Å². The Morgan fingerprint density at radius 1 is 1.04 bits per heavy atom. The van der Waals surface area contributed by atoms with E-state index in [0.29, 0.717) is 0 Å². The van der Waals surface area contributed by atoms with Crippen LogP contribution in [0.1, 0.15) is 6.92 Å². The van der Waals surface area contributed by atoms with Crippen LogP contribution < -0.4 is 10.1 Å². The molecule has 0 aliphatic carbocycles. The van der Waals surface area contributed by atoms with Gasteiger partial charge >= 0.3 is 0 Å². The zero-order valence-electron chi connectivity index (χ0n) is 13.7. The van der Waals surface area contributed by atoms with E-state index in [2.05, 4.69) is 5.32 Å². The Balaban J connectivity index is 1.73. The Hall–Kier alpha value is -2.46. The maximum absolute atomic E-state index is 12.6. The molecule has 1 unspecified atom stereocenters. The molecule has 122 valence electrons. The smallest absolute Gasteiger partial charge is 0.237 e. The fourth-order valence-corrected chi connectivity index (χ4v) is 3.42. The van der Waals surface area contributed by atoms with Gasteiger partial charge in [0.25, 0.3) is 0 Å². The highest BCUT2D eigenvalue weighted by molar-refractivity contribution is 8.00. The number of hydrogen-bond donors (Lipinski definition) is 1. The average molecular weight is 337 g/mol. The van der Waals surface area contributed by atoms with Gasteiger partial charge in [-0.05, 0) is 36.6 Å². The van der Waals surface area contributed by atoms with Gasteiger partial charge in [-0.25, -0.2) is 0 Å². The van der Waals surface area contributed by atoms with Gasteiger partial charge in [0.15, 0.2) is 0 Å². The largest absolute Gasteiger partial charge is 0.497 e. The topological polar surface area (TPSA) is 38.3 Å². The van der Waals surface area contributed by atoms with Crippen molar-refractivity contribution in [3.8, 4) is 5.75 Å². The number of thioether (sulfide) groups is 1. The standard InChI is InChI=1S/C20H19NO2S/c1-14(24-17-10-6-9-16(13-17)23-2)20(22)21-19-12-5-8-15-7-3-4-11-18(15)19/h3-14H,1-2H3,(H,21,22). The van der Waals surface area contributed by atoms with Crippen LogP contribution in [0.2, 0.25) is 0 Å². The van der Waals surface area contributed by atoms with E-state index in [1.54, 1.807) is 7.11 Å². The predicted octanol–water partition coefficient (Wildman–Crippen LogP) is 4.97. The average Bonchev–Trinajstić information content (AvgIpc) is 2.62. The molecule has 0 aliphatic rings. The SMILES string of the molecule is COc1cccc(SC(C)C(=O)Nc2cccc3ccccc23)c1. The number of carbonyl (C=O) groups excluding carboxylic acids is 1. The van der Waals surface area contributed by atoms with Crippen molar-refractivity contribution in [1.82, 2.24) is 0 Å². The van der Waals surface area contributed by atoms with Gasteiger partial charge in [-0.2, -0.15) is 0 Å². The highest BCUT2D eigenvalue weighted by Crippen LogP contribution is 2.28. The molecule has 0 aliphatic heterocycles. The lowest BCUT2D eigenvalue weighted by atomic mass is 10.1. The van der Waals surface area contributed by atoms with Crippen molar-refractivity contribution in [1.29, 1.82) is 0 Å². The van der Waals surface area contributed by atoms with Crippen LogP contribution in [0.25, 0.3) is 10.8 Å². The number of methoxy groups -OCH3 is 1. The molecule has 0 aromatic heterocycles. The van der Waals surface area contributed by atoms with Crippen LogP contribution in [-0.2, 0) is 4.79 Å². The molecule has 1 atom stereocenters. The lowest BCUT2D eigenvalue weighted by Crippen LogP contribution is -2.22. The quantitative estimate of drug-likeness (QED) is 0.668. The molecule has 0 bridgehead atoms. The van der Waals surface area contributed by atoms with Gasteiger partial charge < -0.3 is 10.1 Å². The van der Waals surface area contributed by atoms with Gasteiger partial charge in [-0.15, -0.1) is 11.8 Å². The van der Waals surface area contributed by atoms with E-state index < -0.39 is 0 Å². The zero-order chi connectivity index (χ0) is 16.9. The Kier molecular flexibility index (Phi) is 5.06. The van der Waals surface area contributed by atoms with E-state index in [9.17, 15) is 4.79 Å². The maximum atomic E-state index is 12.6. The summed E-state index contributed by atoms with van der Waals surface area (Å²) in [6, 6.07) is 21.7. The van der Waals surface area contributed by atoms with Crippen LogP contribution in [-0.4, -0.2) is 18.3 Å². The molecule has 0 saturated heterocycles. The minimum atomic E-state index is -0.212. The van der Waals surface area contributed by atoms with E-state index in [1.165, 1.54) is 11.8 Å². The Labute approximate surface area is 146 Å². The number of anilines is 1. The summed E-state index contributed by atoms with van der Waals surface area (Å²) >= 11 is 1.51. The second kappa shape index (κ2) is 7.41. The van der Waals surface area contributed by atoms with Crippen molar-refractivity contribution < 1.29 is 9.53 Å². The van der Waals surface area contributed by atoms with Gasteiger partial charge in [0.1, 0.15) is 5.75 Å². The first-order valence-electron chi connectivity index (χ1n) is 7.77. The minimum absolute atomic E-state index is 0.0147. The molecule has 3 aromatic rings. The van der Waals surface area contributed by atoms with Crippen LogP contribution in [0.15, 0.2) is 71.6 Å². The van der Waals surface area contributed by atoms with E-state index in [0.717, 1.165) is 27.1 Å². The van der Waals surface area contributed by atoms with Crippen molar-refractivity contribution in [2.75, 3.05) is 12.4 Å². The summed E-state index contributed by atoms with van der Waals surface area (Å²) in [5.74, 6) is 0.779. The van der Waals surface area contributed by atoms with Gasteiger partial charge in [0.2, 0.25) is 5.91 Å². The first kappa shape index (κ1) is 16.4. The summed E-state index contributed by atoms with van der Waals surface area (Å²) in [5, 5.41) is 4.99. The summed E-state index contributed by atoms with van der Waals surface area (Å²) in [6.45, 7) is 1.91. The fourth-order valence-electron chi connectivity index (χ4n) is 2.50. The third-order valence-electron chi connectivity index (χ3n) is 3.77. The lowest BCUT2D eigenvalue weighted by Gasteiger charge is -2.14. The van der Waals surface area contributed by atoms with E-state index in [4.69, 9.17) is 4.74 Å². The monoisotopic (exact) mass is 337 g/mol. The van der Waals surface area contributed by atoms with E-state index in [1.807, 2.05) is 73.7 Å². The van der Waals surface area contributed by atoms with Gasteiger partial charge in [0.05, 0.1) is 12.4 Å². The number of fused-ring (bicyclic) bond motifs is 1. The second-order valence-corrected chi connectivity index (χ2v) is 6.87. The Bertz CT molecular complexity index is 858. The summed E-state index contributed by atoms with van der Waals surface area (Å²) in [4.78, 5) is 13.6. The van der Waals surface area contributed by atoms with Gasteiger partial charge in [-0.3, -0.25) is 4.79 Å². The number of benzene rings is 3. The first-order chi connectivity index (χ1) is 11.7. The van der Waals surface area contributed by atoms with Crippen LogP contribution in [0.4, 0.5) is 5.69 Å². The van der Waals surface area contributed by atoms with Gasteiger partial charge in [0, 0.05) is 16.0 Å². The Morgan fingerprint density at radius 2 is 1.79 bits per heavy atom. The molecule has 3 rings (SSSR count). The molecule has 0 saturated carbocycles. The summed E-state index contributed by atoms with van der Waals surface area (Å²) < 4.78 is 5.23. The van der Waals surface area contributed by atoms with Crippen molar-refractivity contribution in [3.05, 3.63) is 66.7 Å². The lowest BCUT2D eigenvalue weighted by molar-refractivity contribution is -0.115. The van der Waals surface area contributed by atoms with Crippen LogP contribution >= 0.6 is 11.8 Å². The van der Waals surface area contributed by atoms with Crippen LogP contribution in [0, 0.1) is 0 Å². The molecule has 3 nitrogen and oxygen atoms in total. The molecule has 4 heteroatoms. The molecule has 0 heterocycles. The molecule has 1 N–H and O–H groups in total. The number of amides is 1. The summed E-state index contributed by atoms with van der Waals surface area (Å²) in [6.07, 6.45) is 0. The second-order valence-electron chi connectivity index (χ2n) is 5.46. The molecule has 3 aromatic carbocycles. The number of ether oxygens (including phenoxy) is 1. The van der Waals surface area contributed by atoms with Crippen LogP contribution in [0.5, 0.6) is 5.75 Å². The highest BCUT2D eigenvalue weighted by atomic mass is 32.2. The normalized spacial score (nSPS) is 11.9. The Morgan fingerprint density at radius 3 is 2.62 bits per heavy atom. The summed E-state index contributed by atoms with van der Waals surface area (Å²) in [7, 11) is 1.64. The number of carbonyl (C=O) groups is 1. The molecule has 24 heavy (non-hydrogen) atoms. The van der Waals surface area contributed by atoms with E-state index >= 15 is 0 Å². The van der Waals surface area contributed by atoms with Crippen molar-refractivity contribution in [2.45, 2.75) is 17.1 Å². The van der Waals surface area contributed by atoms with Crippen LogP contribution in [0.3, 0.4) is 0 Å². The predicted molar refractivity (Wildman–Crippen MR) is 101 cm³/mol. The zero-order valence-corrected chi connectivity index (χ0v) is 14.5. The molecule has 0 radical (unpaired) electrons. The third kappa shape index (κ3) is 3.71. The van der Waals surface area contributed by atoms with Crippen molar-refractivity contribution in [2.24, 2.45) is 0 Å². The first-order valence-corrected chi connectivity index (χ1v) is 8.64. The minimum Gasteiger partial charge on any atom is -0.497 e. The molecular formula is C20H19NO2S. The highest BCUT2D eigenvalue weighted by Gasteiger charge is 2.15. The van der Waals surface area contributed by atoms with E-state index in [-0.39, 0.29) is 11.2 Å². The number of nitrogens with one attached hydrogen (secondary N) is 1.